The molecule has 0 aliphatic rings. The molecule has 0 fully saturated rings. The van der Waals surface area contributed by atoms with Crippen LogP contribution in [-0.2, 0) is 0 Å². The maximum Gasteiger partial charge on any atom is 0.238 e. The number of fused-ring (bicyclic) bond motifs is 9. The number of nitrogens with zero attached hydrogens (tertiary/aromatic N) is 4. The van der Waals surface area contributed by atoms with Crippen LogP contribution in [0.5, 0.6) is 0 Å². The largest absolute Gasteiger partial charge is 0.455 e. The molecule has 5 heteroatoms. The molecule has 52 heavy (non-hydrogen) atoms. The number of hydrogen-bond donors (Lipinski definition) is 0. The minimum atomic E-state index is 0.543. The summed E-state index contributed by atoms with van der Waals surface area (Å²) in [7, 11) is 0. The van der Waals surface area contributed by atoms with Crippen molar-refractivity contribution >= 4 is 65.3 Å². The van der Waals surface area contributed by atoms with E-state index < -0.39 is 0 Å². The van der Waals surface area contributed by atoms with E-state index in [-0.39, 0.29) is 0 Å². The molecule has 11 rings (SSSR count). The molecule has 0 aliphatic heterocycles. The minimum Gasteiger partial charge on any atom is -0.455 e. The molecule has 3 aromatic heterocycles. The van der Waals surface area contributed by atoms with Crippen molar-refractivity contribution in [2.24, 2.45) is 0 Å². The van der Waals surface area contributed by atoms with Gasteiger partial charge in [-0.25, -0.2) is 4.98 Å². The Bertz CT molecular complexity index is 3190. The van der Waals surface area contributed by atoms with Crippen molar-refractivity contribution in [2.45, 2.75) is 0 Å². The Kier molecular flexibility index (Phi) is 6.18. The number of aromatic nitrogens is 4. The van der Waals surface area contributed by atoms with Gasteiger partial charge in [0.15, 0.2) is 11.6 Å². The summed E-state index contributed by atoms with van der Waals surface area (Å²) in [5.74, 6) is 1.69. The fourth-order valence-corrected chi connectivity index (χ4v) is 7.97. The van der Waals surface area contributed by atoms with Gasteiger partial charge in [0.05, 0.1) is 16.6 Å². The van der Waals surface area contributed by atoms with E-state index in [9.17, 15) is 0 Å². The molecule has 8 aromatic carbocycles. The van der Waals surface area contributed by atoms with Crippen molar-refractivity contribution in [3.05, 3.63) is 170 Å². The van der Waals surface area contributed by atoms with E-state index in [1.165, 1.54) is 5.39 Å². The van der Waals surface area contributed by atoms with E-state index in [4.69, 9.17) is 19.4 Å². The Hall–Kier alpha value is -7.11. The number of para-hydroxylation sites is 3. The van der Waals surface area contributed by atoms with E-state index in [0.717, 1.165) is 82.2 Å². The summed E-state index contributed by atoms with van der Waals surface area (Å²) in [4.78, 5) is 16.0. The third kappa shape index (κ3) is 4.26. The second-order valence-electron chi connectivity index (χ2n) is 13.2. The lowest BCUT2D eigenvalue weighted by Gasteiger charge is -2.13. The van der Waals surface area contributed by atoms with Gasteiger partial charge < -0.3 is 4.42 Å². The van der Waals surface area contributed by atoms with Crippen molar-refractivity contribution in [1.29, 1.82) is 0 Å². The molecule has 0 saturated heterocycles. The normalized spacial score (nSPS) is 11.8. The van der Waals surface area contributed by atoms with Gasteiger partial charge in [0.25, 0.3) is 0 Å². The molecule has 0 aliphatic carbocycles. The number of benzene rings is 8. The van der Waals surface area contributed by atoms with Gasteiger partial charge in [0, 0.05) is 32.5 Å². The number of rotatable bonds is 4. The van der Waals surface area contributed by atoms with E-state index in [2.05, 4.69) is 150 Å². The summed E-state index contributed by atoms with van der Waals surface area (Å²) in [6, 6.07) is 59.1. The highest BCUT2D eigenvalue weighted by atomic mass is 16.3. The van der Waals surface area contributed by atoms with E-state index in [1.54, 1.807) is 0 Å². The summed E-state index contributed by atoms with van der Waals surface area (Å²) in [5.41, 5.74) is 7.71. The summed E-state index contributed by atoms with van der Waals surface area (Å²) < 4.78 is 8.73. The first-order chi connectivity index (χ1) is 25.8. The van der Waals surface area contributed by atoms with Crippen LogP contribution in [-0.4, -0.2) is 19.5 Å². The van der Waals surface area contributed by atoms with Crippen molar-refractivity contribution in [1.82, 2.24) is 19.5 Å². The predicted molar refractivity (Wildman–Crippen MR) is 213 cm³/mol. The molecule has 0 atom stereocenters. The first-order valence-electron chi connectivity index (χ1n) is 17.5. The topological polar surface area (TPSA) is 56.7 Å². The van der Waals surface area contributed by atoms with Crippen LogP contribution in [0.2, 0.25) is 0 Å². The quantitative estimate of drug-likeness (QED) is 0.176. The van der Waals surface area contributed by atoms with Gasteiger partial charge in [-0.1, -0.05) is 146 Å². The molecule has 3 heterocycles. The molecule has 0 amide bonds. The Morgan fingerprint density at radius 1 is 0.385 bits per heavy atom. The molecule has 11 aromatic rings. The summed E-state index contributed by atoms with van der Waals surface area (Å²) >= 11 is 0. The molecular weight excluding hydrogens is 637 g/mol. The average molecular weight is 665 g/mol. The minimum absolute atomic E-state index is 0.543. The standard InChI is InChI=1S/C47H28N4O/c1-2-13-29(14-3-1)33-20-12-25-40-43(33)36-19-6-8-24-39(36)51(40)47-49-45(37-22-10-16-31-28-27-30-15-4-5-17-32(30)42(31)37)48-46(50-47)38-23-11-21-35-34-18-7-9-26-41(34)52-44(35)38/h1-28H. The van der Waals surface area contributed by atoms with Gasteiger partial charge in [0.1, 0.15) is 11.2 Å². The zero-order valence-corrected chi connectivity index (χ0v) is 27.9. The second kappa shape index (κ2) is 11.2. The zero-order valence-electron chi connectivity index (χ0n) is 27.9. The third-order valence-electron chi connectivity index (χ3n) is 10.3. The molecule has 0 saturated carbocycles. The van der Waals surface area contributed by atoms with Gasteiger partial charge >= 0.3 is 0 Å². The number of furan rings is 1. The molecule has 5 nitrogen and oxygen atoms in total. The molecule has 0 bridgehead atoms. The maximum absolute atomic E-state index is 6.54. The highest BCUT2D eigenvalue weighted by molar-refractivity contribution is 6.16. The fourth-order valence-electron chi connectivity index (χ4n) is 7.97. The molecule has 0 N–H and O–H groups in total. The fraction of sp³-hybridized carbons (Fsp3) is 0. The summed E-state index contributed by atoms with van der Waals surface area (Å²) in [6.07, 6.45) is 0. The monoisotopic (exact) mass is 664 g/mol. The lowest BCUT2D eigenvalue weighted by molar-refractivity contribution is 0.669. The molecule has 0 unspecified atom stereocenters. The van der Waals surface area contributed by atoms with Gasteiger partial charge in [-0.15, -0.1) is 0 Å². The van der Waals surface area contributed by atoms with Crippen LogP contribution in [0.1, 0.15) is 0 Å². The Morgan fingerprint density at radius 3 is 1.90 bits per heavy atom. The smallest absolute Gasteiger partial charge is 0.238 e. The van der Waals surface area contributed by atoms with Crippen LogP contribution < -0.4 is 0 Å². The third-order valence-corrected chi connectivity index (χ3v) is 10.3. The van der Waals surface area contributed by atoms with Crippen molar-refractivity contribution in [3.63, 3.8) is 0 Å². The van der Waals surface area contributed by atoms with E-state index >= 15 is 0 Å². The van der Waals surface area contributed by atoms with Crippen molar-refractivity contribution in [3.8, 4) is 39.9 Å². The second-order valence-corrected chi connectivity index (χ2v) is 13.2. The first kappa shape index (κ1) is 28.7. The van der Waals surface area contributed by atoms with E-state index in [1.807, 2.05) is 24.3 Å². The lowest BCUT2D eigenvalue weighted by Crippen LogP contribution is -2.06. The SMILES string of the molecule is c1ccc(-c2cccc3c2c2ccccc2n3-c2nc(-c3cccc4c3oc3ccccc34)nc(-c3cccc4ccc5ccccc5c34)n2)cc1. The Balaban J connectivity index is 1.26. The highest BCUT2D eigenvalue weighted by Crippen LogP contribution is 2.40. The van der Waals surface area contributed by atoms with Crippen LogP contribution in [0.15, 0.2) is 174 Å². The van der Waals surface area contributed by atoms with Gasteiger partial charge in [-0.3, -0.25) is 4.57 Å². The lowest BCUT2D eigenvalue weighted by atomic mass is 9.97. The first-order valence-corrected chi connectivity index (χ1v) is 17.5. The molecule has 0 radical (unpaired) electrons. The molecule has 0 spiro atoms. The van der Waals surface area contributed by atoms with E-state index in [0.29, 0.717) is 17.6 Å². The van der Waals surface area contributed by atoms with Gasteiger partial charge in [-0.05, 0) is 51.6 Å². The van der Waals surface area contributed by atoms with Crippen LogP contribution in [0, 0.1) is 0 Å². The predicted octanol–water partition coefficient (Wildman–Crippen LogP) is 12.2. The zero-order chi connectivity index (χ0) is 34.2. The number of hydrogen-bond acceptors (Lipinski definition) is 4. The Morgan fingerprint density at radius 2 is 1.00 bits per heavy atom. The van der Waals surface area contributed by atoms with Gasteiger partial charge in [-0.2, -0.15) is 9.97 Å². The summed E-state index contributed by atoms with van der Waals surface area (Å²) in [5, 5.41) is 8.94. The van der Waals surface area contributed by atoms with Crippen molar-refractivity contribution in [2.75, 3.05) is 0 Å². The van der Waals surface area contributed by atoms with Crippen LogP contribution in [0.3, 0.4) is 0 Å². The maximum atomic E-state index is 6.54. The van der Waals surface area contributed by atoms with Crippen LogP contribution in [0.4, 0.5) is 0 Å². The summed E-state index contributed by atoms with van der Waals surface area (Å²) in [6.45, 7) is 0. The highest BCUT2D eigenvalue weighted by Gasteiger charge is 2.22. The van der Waals surface area contributed by atoms with Crippen LogP contribution in [0.25, 0.3) is 105 Å². The Labute approximate surface area is 298 Å². The van der Waals surface area contributed by atoms with Crippen molar-refractivity contribution < 1.29 is 4.42 Å². The van der Waals surface area contributed by atoms with Crippen LogP contribution >= 0.6 is 0 Å². The average Bonchev–Trinajstić information content (AvgIpc) is 3.77. The van der Waals surface area contributed by atoms with Gasteiger partial charge in [0.2, 0.25) is 5.95 Å². The molecule has 242 valence electrons. The molecular formula is C47H28N4O.